The van der Waals surface area contributed by atoms with Gasteiger partial charge in [-0.25, -0.2) is 4.57 Å². The third-order valence-corrected chi connectivity index (χ3v) is 2.53. The Morgan fingerprint density at radius 2 is 1.94 bits per heavy atom. The van der Waals surface area contributed by atoms with Crippen LogP contribution < -0.4 is 5.73 Å². The Morgan fingerprint density at radius 3 is 2.44 bits per heavy atom. The molecule has 1 rings (SSSR count). The molecule has 16 heavy (non-hydrogen) atoms. The quantitative estimate of drug-likeness (QED) is 0.263. The van der Waals surface area contributed by atoms with Crippen molar-refractivity contribution in [1.29, 1.82) is 0 Å². The first-order valence-electron chi connectivity index (χ1n) is 4.24. The van der Waals surface area contributed by atoms with Crippen molar-refractivity contribution in [2.75, 3.05) is 6.61 Å². The number of aliphatic hydroxyl groups is 2. The summed E-state index contributed by atoms with van der Waals surface area (Å²) in [5.74, 6) is -0.975. The van der Waals surface area contributed by atoms with Crippen LogP contribution in [0.5, 0.6) is 0 Å². The molecule has 1 saturated heterocycles. The van der Waals surface area contributed by atoms with E-state index in [1.807, 2.05) is 0 Å². The van der Waals surface area contributed by atoms with Crippen molar-refractivity contribution in [1.82, 2.24) is 0 Å². The van der Waals surface area contributed by atoms with Crippen molar-refractivity contribution in [3.63, 3.8) is 0 Å². The maximum absolute atomic E-state index is 11.0. The zero-order valence-corrected chi connectivity index (χ0v) is 8.86. The molecule has 0 spiro atoms. The highest BCUT2D eigenvalue weighted by atomic mass is 31.2. The SMILES string of the molecule is N[C@H]1C(=O)O[C@H](COP(=O)(O)O)[C@@H](O)[C@@H]1O. The molecule has 6 N–H and O–H groups in total. The minimum absolute atomic E-state index is 0.735. The summed E-state index contributed by atoms with van der Waals surface area (Å²) in [6, 6.07) is -1.39. The van der Waals surface area contributed by atoms with Crippen molar-refractivity contribution in [3.05, 3.63) is 0 Å². The highest BCUT2D eigenvalue weighted by Gasteiger charge is 2.43. The van der Waals surface area contributed by atoms with Gasteiger partial charge in [0, 0.05) is 0 Å². The molecule has 0 amide bonds. The molecule has 0 aromatic heterocycles. The first kappa shape index (κ1) is 13.5. The van der Waals surface area contributed by atoms with Crippen LogP contribution in [0, 0.1) is 0 Å². The van der Waals surface area contributed by atoms with Gasteiger partial charge in [-0.15, -0.1) is 0 Å². The van der Waals surface area contributed by atoms with Crippen molar-refractivity contribution < 1.29 is 38.6 Å². The molecule has 4 atom stereocenters. The van der Waals surface area contributed by atoms with Gasteiger partial charge < -0.3 is 30.5 Å². The van der Waals surface area contributed by atoms with E-state index in [0.717, 1.165) is 0 Å². The fourth-order valence-electron chi connectivity index (χ4n) is 1.17. The van der Waals surface area contributed by atoms with Gasteiger partial charge in [0.15, 0.2) is 6.10 Å². The van der Waals surface area contributed by atoms with Gasteiger partial charge in [0.05, 0.1) is 6.61 Å². The molecule has 94 valence electrons. The van der Waals surface area contributed by atoms with Crippen LogP contribution in [-0.4, -0.2) is 56.9 Å². The second-order valence-corrected chi connectivity index (χ2v) is 4.51. The molecule has 0 saturated carbocycles. The van der Waals surface area contributed by atoms with E-state index in [1.54, 1.807) is 0 Å². The summed E-state index contributed by atoms with van der Waals surface area (Å²) < 4.78 is 19.0. The Kier molecular flexibility index (Phi) is 4.02. The molecule has 0 aliphatic carbocycles. The molecular formula is C6H12NO8P. The molecule has 0 bridgehead atoms. The zero-order chi connectivity index (χ0) is 12.5. The molecule has 1 heterocycles. The van der Waals surface area contributed by atoms with E-state index in [-0.39, 0.29) is 0 Å². The Bertz CT molecular complexity index is 316. The van der Waals surface area contributed by atoms with Gasteiger partial charge in [-0.3, -0.25) is 9.32 Å². The maximum Gasteiger partial charge on any atom is 0.469 e. The number of carbonyl (C=O) groups is 1. The average molecular weight is 257 g/mol. The lowest BCUT2D eigenvalue weighted by Crippen LogP contribution is -2.60. The predicted molar refractivity (Wildman–Crippen MR) is 47.9 cm³/mol. The topological polar surface area (TPSA) is 160 Å². The third kappa shape index (κ3) is 3.22. The molecular weight excluding hydrogens is 245 g/mol. The van der Waals surface area contributed by atoms with Crippen LogP contribution in [0.15, 0.2) is 0 Å². The van der Waals surface area contributed by atoms with Gasteiger partial charge in [0.2, 0.25) is 0 Å². The van der Waals surface area contributed by atoms with Crippen LogP contribution in [0.1, 0.15) is 0 Å². The minimum atomic E-state index is -4.73. The van der Waals surface area contributed by atoms with E-state index in [1.165, 1.54) is 0 Å². The van der Waals surface area contributed by atoms with Crippen molar-refractivity contribution in [3.8, 4) is 0 Å². The van der Waals surface area contributed by atoms with Gasteiger partial charge in [-0.2, -0.15) is 0 Å². The van der Waals surface area contributed by atoms with Crippen LogP contribution in [0.2, 0.25) is 0 Å². The molecule has 1 aliphatic rings. The average Bonchev–Trinajstić information content (AvgIpc) is 2.17. The monoisotopic (exact) mass is 257 g/mol. The molecule has 0 aromatic carbocycles. The summed E-state index contributed by atoms with van der Waals surface area (Å²) in [5, 5.41) is 18.7. The lowest BCUT2D eigenvalue weighted by atomic mass is 9.99. The molecule has 1 fully saturated rings. The number of nitrogens with two attached hydrogens (primary N) is 1. The largest absolute Gasteiger partial charge is 0.469 e. The Labute approximate surface area is 90.0 Å². The fourth-order valence-corrected chi connectivity index (χ4v) is 1.51. The van der Waals surface area contributed by atoms with Crippen molar-refractivity contribution >= 4 is 13.8 Å². The zero-order valence-electron chi connectivity index (χ0n) is 7.96. The molecule has 9 nitrogen and oxygen atoms in total. The number of esters is 1. The molecule has 0 unspecified atom stereocenters. The van der Waals surface area contributed by atoms with Gasteiger partial charge >= 0.3 is 13.8 Å². The lowest BCUT2D eigenvalue weighted by Gasteiger charge is -2.34. The van der Waals surface area contributed by atoms with E-state index in [9.17, 15) is 19.6 Å². The highest BCUT2D eigenvalue weighted by Crippen LogP contribution is 2.36. The summed E-state index contributed by atoms with van der Waals surface area (Å²) in [5.41, 5.74) is 5.18. The minimum Gasteiger partial charge on any atom is -0.456 e. The second kappa shape index (κ2) is 4.76. The summed E-state index contributed by atoms with van der Waals surface area (Å²) in [6.07, 6.45) is -4.49. The first-order valence-corrected chi connectivity index (χ1v) is 5.77. The van der Waals surface area contributed by atoms with Gasteiger partial charge in [0.1, 0.15) is 18.2 Å². The number of phosphoric acid groups is 1. The molecule has 0 radical (unpaired) electrons. The first-order chi connectivity index (χ1) is 7.22. The number of cyclic esters (lactones) is 1. The summed E-state index contributed by atoms with van der Waals surface area (Å²) >= 11 is 0. The number of phosphoric ester groups is 1. The highest BCUT2D eigenvalue weighted by molar-refractivity contribution is 7.46. The molecule has 0 aromatic rings. The Balaban J connectivity index is 2.61. The number of carbonyl (C=O) groups excluding carboxylic acids is 1. The second-order valence-electron chi connectivity index (χ2n) is 3.27. The van der Waals surface area contributed by atoms with E-state index in [0.29, 0.717) is 0 Å². The van der Waals surface area contributed by atoms with Gasteiger partial charge in [-0.1, -0.05) is 0 Å². The maximum atomic E-state index is 11.0. The third-order valence-electron chi connectivity index (χ3n) is 2.05. The Hall–Kier alpha value is -0.540. The van der Waals surface area contributed by atoms with Crippen LogP contribution >= 0.6 is 7.82 Å². The number of ether oxygens (including phenoxy) is 1. The van der Waals surface area contributed by atoms with E-state index < -0.39 is 44.8 Å². The number of rotatable bonds is 3. The van der Waals surface area contributed by atoms with Gasteiger partial charge in [-0.05, 0) is 0 Å². The Morgan fingerprint density at radius 1 is 1.38 bits per heavy atom. The summed E-state index contributed by atoms with van der Waals surface area (Å²) in [6.45, 7) is -0.735. The van der Waals surface area contributed by atoms with E-state index in [2.05, 4.69) is 9.26 Å². The van der Waals surface area contributed by atoms with Crippen LogP contribution in [0.25, 0.3) is 0 Å². The van der Waals surface area contributed by atoms with Crippen LogP contribution in [0.4, 0.5) is 0 Å². The van der Waals surface area contributed by atoms with Crippen molar-refractivity contribution in [2.24, 2.45) is 5.73 Å². The number of hydrogen-bond donors (Lipinski definition) is 5. The smallest absolute Gasteiger partial charge is 0.456 e. The van der Waals surface area contributed by atoms with Crippen LogP contribution in [-0.2, 0) is 18.6 Å². The number of aliphatic hydroxyl groups excluding tert-OH is 2. The standard InChI is InChI=1S/C6H12NO8P/c7-3-5(9)4(8)2(15-6(3)10)1-14-16(11,12)13/h2-5,8-9H,1,7H2,(H2,11,12,13)/t2-,3-,4-,5-/m1/s1. The summed E-state index contributed by atoms with van der Waals surface area (Å²) in [7, 11) is -4.73. The van der Waals surface area contributed by atoms with E-state index >= 15 is 0 Å². The normalized spacial score (nSPS) is 35.9. The predicted octanol–water partition coefficient (Wildman–Crippen LogP) is -2.93. The van der Waals surface area contributed by atoms with Crippen LogP contribution in [0.3, 0.4) is 0 Å². The molecule has 1 aliphatic heterocycles. The van der Waals surface area contributed by atoms with E-state index in [4.69, 9.17) is 15.5 Å². The van der Waals surface area contributed by atoms with Gasteiger partial charge in [0.25, 0.3) is 0 Å². The lowest BCUT2D eigenvalue weighted by molar-refractivity contribution is -0.186. The molecule has 10 heteroatoms. The number of hydrogen-bond acceptors (Lipinski definition) is 7. The summed E-state index contributed by atoms with van der Waals surface area (Å²) in [4.78, 5) is 27.8. The van der Waals surface area contributed by atoms with Crippen molar-refractivity contribution in [2.45, 2.75) is 24.4 Å². The fraction of sp³-hybridized carbons (Fsp3) is 0.833.